The Labute approximate surface area is 117 Å². The summed E-state index contributed by atoms with van der Waals surface area (Å²) in [6, 6.07) is 5.18. The van der Waals surface area contributed by atoms with E-state index >= 15 is 0 Å². The van der Waals surface area contributed by atoms with Crippen LogP contribution in [0.3, 0.4) is 0 Å². The van der Waals surface area contributed by atoms with Gasteiger partial charge in [-0.2, -0.15) is 0 Å². The first-order valence-corrected chi connectivity index (χ1v) is 6.93. The van der Waals surface area contributed by atoms with E-state index in [2.05, 4.69) is 10.6 Å². The number of hydrogen-bond donors (Lipinski definition) is 3. The van der Waals surface area contributed by atoms with Gasteiger partial charge >= 0.3 is 6.03 Å². The first kappa shape index (κ1) is 15.4. The number of imide groups is 1. The van der Waals surface area contributed by atoms with Crippen LogP contribution in [0.25, 0.3) is 0 Å². The Morgan fingerprint density at radius 3 is 2.74 bits per heavy atom. The van der Waals surface area contributed by atoms with Crippen molar-refractivity contribution >= 4 is 29.4 Å². The summed E-state index contributed by atoms with van der Waals surface area (Å²) < 4.78 is 0. The summed E-state index contributed by atoms with van der Waals surface area (Å²) in [7, 11) is 0. The molecule has 1 aromatic carbocycles. The SMILES string of the molecule is CCNC(=O)NC(=O)C(C)Sc1cc(C)ccc1N. The molecule has 0 aliphatic carbocycles. The van der Waals surface area contributed by atoms with Crippen molar-refractivity contribution in [3.05, 3.63) is 23.8 Å². The molecule has 0 aromatic heterocycles. The minimum absolute atomic E-state index is 0.336. The van der Waals surface area contributed by atoms with Crippen LogP contribution in [0.15, 0.2) is 23.1 Å². The molecule has 4 N–H and O–H groups in total. The molecule has 0 spiro atoms. The zero-order valence-electron chi connectivity index (χ0n) is 11.3. The van der Waals surface area contributed by atoms with Gasteiger partial charge in [-0.15, -0.1) is 11.8 Å². The van der Waals surface area contributed by atoms with Crippen molar-refractivity contribution in [3.63, 3.8) is 0 Å². The normalized spacial score (nSPS) is 11.7. The Hall–Kier alpha value is -1.69. The molecule has 1 rings (SSSR count). The summed E-state index contributed by atoms with van der Waals surface area (Å²) in [5.74, 6) is -0.336. The highest BCUT2D eigenvalue weighted by molar-refractivity contribution is 8.00. The molecule has 104 valence electrons. The second kappa shape index (κ2) is 7.04. The third-order valence-electron chi connectivity index (χ3n) is 2.42. The van der Waals surface area contributed by atoms with Gasteiger partial charge in [-0.3, -0.25) is 10.1 Å². The topological polar surface area (TPSA) is 84.2 Å². The summed E-state index contributed by atoms with van der Waals surface area (Å²) in [4.78, 5) is 23.9. The highest BCUT2D eigenvalue weighted by atomic mass is 32.2. The lowest BCUT2D eigenvalue weighted by Gasteiger charge is -2.13. The third kappa shape index (κ3) is 4.82. The molecule has 0 radical (unpaired) electrons. The van der Waals surface area contributed by atoms with Crippen LogP contribution in [-0.2, 0) is 4.79 Å². The van der Waals surface area contributed by atoms with Gasteiger partial charge in [-0.05, 0) is 38.5 Å². The number of benzene rings is 1. The number of amides is 3. The van der Waals surface area contributed by atoms with Gasteiger partial charge in [0, 0.05) is 17.1 Å². The second-order valence-electron chi connectivity index (χ2n) is 4.15. The first-order chi connectivity index (χ1) is 8.93. The van der Waals surface area contributed by atoms with E-state index in [0.29, 0.717) is 12.2 Å². The lowest BCUT2D eigenvalue weighted by molar-refractivity contribution is -0.119. The molecule has 0 bridgehead atoms. The zero-order chi connectivity index (χ0) is 14.4. The zero-order valence-corrected chi connectivity index (χ0v) is 12.1. The number of nitrogens with two attached hydrogens (primary N) is 1. The van der Waals surface area contributed by atoms with Gasteiger partial charge in [-0.25, -0.2) is 4.79 Å². The van der Waals surface area contributed by atoms with E-state index in [1.807, 2.05) is 25.1 Å². The average molecular weight is 281 g/mol. The van der Waals surface area contributed by atoms with Crippen molar-refractivity contribution in [1.82, 2.24) is 10.6 Å². The van der Waals surface area contributed by atoms with Crippen LogP contribution in [0.5, 0.6) is 0 Å². The molecule has 6 heteroatoms. The quantitative estimate of drug-likeness (QED) is 0.581. The van der Waals surface area contributed by atoms with E-state index in [4.69, 9.17) is 5.73 Å². The van der Waals surface area contributed by atoms with Crippen LogP contribution < -0.4 is 16.4 Å². The fraction of sp³-hybridized carbons (Fsp3) is 0.385. The predicted octanol–water partition coefficient (Wildman–Crippen LogP) is 1.90. The molecular formula is C13H19N3O2S. The standard InChI is InChI=1S/C13H19N3O2S/c1-4-15-13(18)16-12(17)9(3)19-11-7-8(2)5-6-10(11)14/h5-7,9H,4,14H2,1-3H3,(H2,15,16,17,18). The number of anilines is 1. The Kier molecular flexibility index (Phi) is 5.69. The fourth-order valence-electron chi connectivity index (χ4n) is 1.41. The molecular weight excluding hydrogens is 262 g/mol. The third-order valence-corrected chi connectivity index (χ3v) is 3.59. The molecule has 5 nitrogen and oxygen atoms in total. The van der Waals surface area contributed by atoms with Crippen LogP contribution >= 0.6 is 11.8 Å². The van der Waals surface area contributed by atoms with E-state index in [1.165, 1.54) is 11.8 Å². The maximum Gasteiger partial charge on any atom is 0.321 e. The molecule has 1 unspecified atom stereocenters. The van der Waals surface area contributed by atoms with Gasteiger partial charge in [0.15, 0.2) is 0 Å². The Morgan fingerprint density at radius 2 is 2.11 bits per heavy atom. The molecule has 3 amide bonds. The lowest BCUT2D eigenvalue weighted by atomic mass is 10.2. The van der Waals surface area contributed by atoms with E-state index < -0.39 is 11.3 Å². The number of aryl methyl sites for hydroxylation is 1. The summed E-state index contributed by atoms with van der Waals surface area (Å²) in [6.45, 7) is 5.96. The number of carbonyl (C=O) groups excluding carboxylic acids is 2. The molecule has 0 heterocycles. The Morgan fingerprint density at radius 1 is 1.42 bits per heavy atom. The molecule has 0 aliphatic rings. The van der Waals surface area contributed by atoms with Crippen molar-refractivity contribution in [2.45, 2.75) is 30.9 Å². The molecule has 19 heavy (non-hydrogen) atoms. The van der Waals surface area contributed by atoms with Gasteiger partial charge in [0.1, 0.15) is 0 Å². The van der Waals surface area contributed by atoms with Crippen LogP contribution in [0.2, 0.25) is 0 Å². The number of urea groups is 1. The van der Waals surface area contributed by atoms with Crippen molar-refractivity contribution in [1.29, 1.82) is 0 Å². The summed E-state index contributed by atoms with van der Waals surface area (Å²) >= 11 is 1.34. The number of rotatable bonds is 4. The monoisotopic (exact) mass is 281 g/mol. The van der Waals surface area contributed by atoms with Crippen molar-refractivity contribution < 1.29 is 9.59 Å². The van der Waals surface area contributed by atoms with Crippen LogP contribution in [-0.4, -0.2) is 23.7 Å². The molecule has 0 fully saturated rings. The number of nitrogen functional groups attached to an aromatic ring is 1. The summed E-state index contributed by atoms with van der Waals surface area (Å²) in [6.07, 6.45) is 0. The van der Waals surface area contributed by atoms with Crippen LogP contribution in [0.1, 0.15) is 19.4 Å². The minimum atomic E-state index is -0.475. The van der Waals surface area contributed by atoms with Gasteiger partial charge in [0.05, 0.1) is 5.25 Å². The van der Waals surface area contributed by atoms with E-state index in [-0.39, 0.29) is 5.91 Å². The minimum Gasteiger partial charge on any atom is -0.398 e. The fourth-order valence-corrected chi connectivity index (χ4v) is 2.41. The number of hydrogen-bond acceptors (Lipinski definition) is 4. The maximum atomic E-state index is 11.8. The molecule has 1 aromatic rings. The molecule has 1 atom stereocenters. The lowest BCUT2D eigenvalue weighted by Crippen LogP contribution is -2.42. The van der Waals surface area contributed by atoms with Gasteiger partial charge < -0.3 is 11.1 Å². The largest absolute Gasteiger partial charge is 0.398 e. The van der Waals surface area contributed by atoms with Gasteiger partial charge in [0.2, 0.25) is 5.91 Å². The van der Waals surface area contributed by atoms with E-state index in [9.17, 15) is 9.59 Å². The van der Waals surface area contributed by atoms with Crippen molar-refractivity contribution in [2.75, 3.05) is 12.3 Å². The Bertz CT molecular complexity index is 477. The van der Waals surface area contributed by atoms with Gasteiger partial charge in [-0.1, -0.05) is 6.07 Å². The number of nitrogens with one attached hydrogen (secondary N) is 2. The van der Waals surface area contributed by atoms with E-state index in [0.717, 1.165) is 10.5 Å². The molecule has 0 saturated carbocycles. The van der Waals surface area contributed by atoms with Crippen molar-refractivity contribution in [3.8, 4) is 0 Å². The number of thioether (sulfide) groups is 1. The highest BCUT2D eigenvalue weighted by Crippen LogP contribution is 2.29. The highest BCUT2D eigenvalue weighted by Gasteiger charge is 2.17. The maximum absolute atomic E-state index is 11.8. The molecule has 0 aliphatic heterocycles. The smallest absolute Gasteiger partial charge is 0.321 e. The van der Waals surface area contributed by atoms with Crippen molar-refractivity contribution in [2.24, 2.45) is 0 Å². The van der Waals surface area contributed by atoms with Crippen LogP contribution in [0, 0.1) is 6.92 Å². The van der Waals surface area contributed by atoms with Crippen LogP contribution in [0.4, 0.5) is 10.5 Å². The predicted molar refractivity (Wildman–Crippen MR) is 78.1 cm³/mol. The molecule has 0 saturated heterocycles. The first-order valence-electron chi connectivity index (χ1n) is 6.05. The summed E-state index contributed by atoms with van der Waals surface area (Å²) in [5, 5.41) is 4.40. The number of carbonyl (C=O) groups is 2. The van der Waals surface area contributed by atoms with Gasteiger partial charge in [0.25, 0.3) is 0 Å². The average Bonchev–Trinajstić information content (AvgIpc) is 2.34. The van der Waals surface area contributed by atoms with E-state index in [1.54, 1.807) is 13.8 Å². The summed E-state index contributed by atoms with van der Waals surface area (Å²) in [5.41, 5.74) is 7.56. The second-order valence-corrected chi connectivity index (χ2v) is 5.53. The Balaban J connectivity index is 2.63.